The van der Waals surface area contributed by atoms with Gasteiger partial charge in [0.15, 0.2) is 0 Å². The van der Waals surface area contributed by atoms with Crippen LogP contribution < -0.4 is 9.50 Å². The van der Waals surface area contributed by atoms with E-state index in [1.807, 2.05) is 0 Å². The summed E-state index contributed by atoms with van der Waals surface area (Å²) in [6.07, 6.45) is 0. The molecule has 0 fully saturated rings. The molecule has 7 nitrogen and oxygen atoms in total. The fourth-order valence-electron chi connectivity index (χ4n) is 2.86. The Morgan fingerprint density at radius 1 is 0.970 bits per heavy atom. The molecule has 3 rings (SSSR count). The lowest BCUT2D eigenvalue weighted by molar-refractivity contribution is 0.153. The maximum absolute atomic E-state index is 13.9. The summed E-state index contributed by atoms with van der Waals surface area (Å²) in [5.74, 6) is -1.06. The smallest absolute Gasteiger partial charge is 0.339 e. The van der Waals surface area contributed by atoms with Gasteiger partial charge < -0.3 is 19.1 Å². The van der Waals surface area contributed by atoms with Crippen molar-refractivity contribution in [1.29, 1.82) is 0 Å². The van der Waals surface area contributed by atoms with Crippen molar-refractivity contribution in [1.82, 2.24) is 4.90 Å². The third kappa shape index (κ3) is 6.74. The summed E-state index contributed by atoms with van der Waals surface area (Å²) >= 11 is 0. The van der Waals surface area contributed by atoms with Crippen molar-refractivity contribution in [2.75, 3.05) is 25.6 Å². The molecule has 33 heavy (non-hydrogen) atoms. The quantitative estimate of drug-likeness (QED) is 0.463. The molecule has 0 heterocycles. The summed E-state index contributed by atoms with van der Waals surface area (Å²) in [7, 11) is -2.62. The second-order valence-corrected chi connectivity index (χ2v) is 8.51. The average molecular weight is 477 g/mol. The normalized spacial score (nSPS) is 11.1. The topological polar surface area (TPSA) is 84.9 Å². The van der Waals surface area contributed by atoms with Crippen molar-refractivity contribution in [3.8, 4) is 5.75 Å². The summed E-state index contributed by atoms with van der Waals surface area (Å²) in [6, 6.07) is 15.7. The Hall–Kier alpha value is -3.50. The highest BCUT2D eigenvalue weighted by Gasteiger charge is 2.18. The number of carbonyl (C=O) groups excluding carboxylic acids is 1. The van der Waals surface area contributed by atoms with Gasteiger partial charge in [-0.05, 0) is 54.1 Å². The molecule has 0 bridgehead atoms. The van der Waals surface area contributed by atoms with Crippen LogP contribution in [0, 0.1) is 11.6 Å². The zero-order chi connectivity index (χ0) is 23.8. The van der Waals surface area contributed by atoms with E-state index in [1.54, 1.807) is 18.2 Å². The van der Waals surface area contributed by atoms with Crippen LogP contribution in [0.15, 0.2) is 77.7 Å². The van der Waals surface area contributed by atoms with Gasteiger partial charge in [0.2, 0.25) is 0 Å². The number of urea groups is 1. The number of methoxy groups -OCH3 is 1. The number of halogens is 2. The lowest BCUT2D eigenvalue weighted by Crippen LogP contribution is -2.37. The molecule has 0 spiro atoms. The third-order valence-electron chi connectivity index (χ3n) is 4.57. The standard InChI is InChI=1S/C23H22F2N2O5S/c1-31-15-14-27(23(28)26-22-5-3-2-4-21(22)25)16-17-6-10-19(11-7-17)32-33(29,30)20-12-8-18(24)9-13-20/h2-13H,14-16H2,1H3,(H,26,28). The van der Waals surface area contributed by atoms with Crippen molar-refractivity contribution in [2.45, 2.75) is 11.4 Å². The van der Waals surface area contributed by atoms with Gasteiger partial charge in [0.05, 0.1) is 12.3 Å². The molecule has 10 heteroatoms. The van der Waals surface area contributed by atoms with Crippen molar-refractivity contribution in [3.63, 3.8) is 0 Å². The Kier molecular flexibility index (Phi) is 7.96. The number of nitrogens with zero attached hydrogens (tertiary/aromatic N) is 1. The number of carbonyl (C=O) groups is 1. The molecule has 0 radical (unpaired) electrons. The molecule has 0 aliphatic heterocycles. The minimum Gasteiger partial charge on any atom is -0.383 e. The van der Waals surface area contributed by atoms with Gasteiger partial charge >= 0.3 is 16.1 Å². The number of amides is 2. The largest absolute Gasteiger partial charge is 0.383 e. The fraction of sp³-hybridized carbons (Fsp3) is 0.174. The second-order valence-electron chi connectivity index (χ2n) is 6.96. The SMILES string of the molecule is COCCN(Cc1ccc(OS(=O)(=O)c2ccc(F)cc2)cc1)C(=O)Nc1ccccc1F. The van der Waals surface area contributed by atoms with E-state index >= 15 is 0 Å². The van der Waals surface area contributed by atoms with E-state index in [0.717, 1.165) is 24.3 Å². The first kappa shape index (κ1) is 24.1. The van der Waals surface area contributed by atoms with E-state index in [0.29, 0.717) is 5.56 Å². The number of para-hydroxylation sites is 1. The van der Waals surface area contributed by atoms with Crippen molar-refractivity contribution >= 4 is 21.8 Å². The summed E-state index contributed by atoms with van der Waals surface area (Å²) in [4.78, 5) is 13.9. The lowest BCUT2D eigenvalue weighted by Gasteiger charge is -2.23. The zero-order valence-electron chi connectivity index (χ0n) is 17.7. The highest BCUT2D eigenvalue weighted by atomic mass is 32.2. The Balaban J connectivity index is 1.69. The molecular weight excluding hydrogens is 454 g/mol. The second kappa shape index (κ2) is 10.9. The number of rotatable bonds is 9. The molecule has 0 saturated carbocycles. The van der Waals surface area contributed by atoms with E-state index < -0.39 is 27.8 Å². The highest BCUT2D eigenvalue weighted by Crippen LogP contribution is 2.21. The number of hydrogen-bond acceptors (Lipinski definition) is 5. The molecule has 3 aromatic carbocycles. The number of ether oxygens (including phenoxy) is 1. The molecule has 1 N–H and O–H groups in total. The van der Waals surface area contributed by atoms with E-state index in [-0.39, 0.29) is 36.0 Å². The summed E-state index contributed by atoms with van der Waals surface area (Å²) in [5, 5.41) is 2.53. The number of anilines is 1. The molecule has 0 saturated heterocycles. The van der Waals surface area contributed by atoms with Gasteiger partial charge in [0.25, 0.3) is 0 Å². The Labute approximate surface area is 190 Å². The Bertz CT molecular complexity index is 1190. The molecule has 0 aromatic heterocycles. The van der Waals surface area contributed by atoms with Gasteiger partial charge in [-0.1, -0.05) is 24.3 Å². The van der Waals surface area contributed by atoms with E-state index in [9.17, 15) is 22.0 Å². The number of hydrogen-bond donors (Lipinski definition) is 1. The van der Waals surface area contributed by atoms with Gasteiger partial charge in [-0.3, -0.25) is 0 Å². The van der Waals surface area contributed by atoms with Crippen molar-refractivity contribution in [2.24, 2.45) is 0 Å². The van der Waals surface area contributed by atoms with Crippen LogP contribution in [0.5, 0.6) is 5.75 Å². The van der Waals surface area contributed by atoms with E-state index in [2.05, 4.69) is 5.32 Å². The van der Waals surface area contributed by atoms with Crippen molar-refractivity contribution in [3.05, 3.63) is 90.0 Å². The van der Waals surface area contributed by atoms with E-state index in [4.69, 9.17) is 8.92 Å². The molecule has 0 atom stereocenters. The van der Waals surface area contributed by atoms with Crippen LogP contribution >= 0.6 is 0 Å². The van der Waals surface area contributed by atoms with Crippen molar-refractivity contribution < 1.29 is 30.9 Å². The van der Waals surface area contributed by atoms with Crippen LogP contribution in [0.3, 0.4) is 0 Å². The van der Waals surface area contributed by atoms with Gasteiger partial charge in [-0.2, -0.15) is 8.42 Å². The van der Waals surface area contributed by atoms with Crippen LogP contribution in [0.25, 0.3) is 0 Å². The Morgan fingerprint density at radius 3 is 2.27 bits per heavy atom. The third-order valence-corrected chi connectivity index (χ3v) is 5.83. The summed E-state index contributed by atoms with van der Waals surface area (Å²) in [5.41, 5.74) is 0.737. The first-order valence-electron chi connectivity index (χ1n) is 9.87. The number of benzene rings is 3. The Morgan fingerprint density at radius 2 is 1.64 bits per heavy atom. The molecule has 0 unspecified atom stereocenters. The molecule has 0 aliphatic carbocycles. The molecule has 0 aliphatic rings. The summed E-state index contributed by atoms with van der Waals surface area (Å²) in [6.45, 7) is 0.671. The van der Waals surface area contributed by atoms with Gasteiger partial charge in [-0.25, -0.2) is 13.6 Å². The zero-order valence-corrected chi connectivity index (χ0v) is 18.5. The monoisotopic (exact) mass is 476 g/mol. The van der Waals surface area contributed by atoms with Gasteiger partial charge in [-0.15, -0.1) is 0 Å². The van der Waals surface area contributed by atoms with E-state index in [1.165, 1.54) is 42.3 Å². The lowest BCUT2D eigenvalue weighted by atomic mass is 10.2. The number of nitrogens with one attached hydrogen (secondary N) is 1. The average Bonchev–Trinajstić information content (AvgIpc) is 2.79. The van der Waals surface area contributed by atoms with Crippen LogP contribution in [-0.4, -0.2) is 39.6 Å². The minimum absolute atomic E-state index is 0.0552. The summed E-state index contributed by atoms with van der Waals surface area (Å²) < 4.78 is 61.7. The van der Waals surface area contributed by atoms with Crippen LogP contribution in [-0.2, 0) is 21.4 Å². The maximum Gasteiger partial charge on any atom is 0.339 e. The molecule has 2 amide bonds. The first-order valence-corrected chi connectivity index (χ1v) is 11.3. The van der Waals surface area contributed by atoms with Crippen LogP contribution in [0.2, 0.25) is 0 Å². The van der Waals surface area contributed by atoms with Gasteiger partial charge in [0, 0.05) is 20.2 Å². The fourth-order valence-corrected chi connectivity index (χ4v) is 3.79. The molecular formula is C23H22F2N2O5S. The maximum atomic E-state index is 13.9. The molecule has 3 aromatic rings. The minimum atomic E-state index is -4.12. The van der Waals surface area contributed by atoms with Crippen LogP contribution in [0.1, 0.15) is 5.56 Å². The van der Waals surface area contributed by atoms with Crippen LogP contribution in [0.4, 0.5) is 19.3 Å². The molecule has 174 valence electrons. The predicted molar refractivity (Wildman–Crippen MR) is 118 cm³/mol. The highest BCUT2D eigenvalue weighted by molar-refractivity contribution is 7.87. The predicted octanol–water partition coefficient (Wildman–Crippen LogP) is 4.41. The first-order chi connectivity index (χ1) is 15.8. The van der Waals surface area contributed by atoms with Gasteiger partial charge in [0.1, 0.15) is 22.3 Å².